The molecule has 2 aromatic carbocycles. The molecule has 0 aromatic heterocycles. The minimum atomic E-state index is -4.51. The molecule has 0 amide bonds. The Morgan fingerprint density at radius 2 is 1.78 bits per heavy atom. The molecule has 0 bridgehead atoms. The van der Waals surface area contributed by atoms with Gasteiger partial charge in [-0.1, -0.05) is 47.5 Å². The van der Waals surface area contributed by atoms with Gasteiger partial charge in [0.1, 0.15) is 0 Å². The Balaban J connectivity index is 2.34. The molecule has 2 rings (SSSR count). The Morgan fingerprint density at radius 3 is 2.30 bits per heavy atom. The van der Waals surface area contributed by atoms with Crippen molar-refractivity contribution in [2.75, 3.05) is 6.61 Å². The van der Waals surface area contributed by atoms with Gasteiger partial charge in [0.25, 0.3) is 0 Å². The number of halogens is 5. The smallest absolute Gasteiger partial charge is 0.399 e. The van der Waals surface area contributed by atoms with E-state index >= 15 is 0 Å². The highest BCUT2D eigenvalue weighted by atomic mass is 35.5. The number of rotatable bonds is 5. The summed E-state index contributed by atoms with van der Waals surface area (Å²) >= 11 is 11.7. The van der Waals surface area contributed by atoms with Crippen molar-refractivity contribution in [3.63, 3.8) is 0 Å². The van der Waals surface area contributed by atoms with E-state index < -0.39 is 18.1 Å². The number of ether oxygens (including phenoxy) is 1. The van der Waals surface area contributed by atoms with E-state index in [1.807, 2.05) is 0 Å². The van der Waals surface area contributed by atoms with Crippen LogP contribution in [0.25, 0.3) is 6.08 Å². The summed E-state index contributed by atoms with van der Waals surface area (Å²) in [6.45, 7) is 3.64. The molecule has 2 nitrogen and oxygen atoms in total. The van der Waals surface area contributed by atoms with Crippen LogP contribution in [0.15, 0.2) is 42.5 Å². The molecule has 0 spiro atoms. The Labute approximate surface area is 165 Å². The Hall–Kier alpha value is -1.98. The average Bonchev–Trinajstić information content (AvgIpc) is 2.53. The second-order valence-electron chi connectivity index (χ2n) is 5.88. The van der Waals surface area contributed by atoms with Crippen LogP contribution in [0.3, 0.4) is 0 Å². The minimum absolute atomic E-state index is 0.0453. The summed E-state index contributed by atoms with van der Waals surface area (Å²) < 4.78 is 45.5. The number of alkyl halides is 3. The molecule has 0 aliphatic carbocycles. The third kappa shape index (κ3) is 5.75. The number of hydrogen-bond acceptors (Lipinski definition) is 2. The first-order valence-electron chi connectivity index (χ1n) is 8.10. The predicted molar refractivity (Wildman–Crippen MR) is 101 cm³/mol. The van der Waals surface area contributed by atoms with Crippen LogP contribution in [0.4, 0.5) is 13.2 Å². The summed E-state index contributed by atoms with van der Waals surface area (Å²) in [6.07, 6.45) is -2.11. The van der Waals surface area contributed by atoms with Crippen LogP contribution >= 0.6 is 23.2 Å². The van der Waals surface area contributed by atoms with Gasteiger partial charge in [0, 0.05) is 10.0 Å². The molecule has 0 aliphatic heterocycles. The number of benzene rings is 2. The lowest BCUT2D eigenvalue weighted by Gasteiger charge is -2.18. The Bertz CT molecular complexity index is 841. The van der Waals surface area contributed by atoms with Crippen LogP contribution in [0.2, 0.25) is 10.0 Å². The van der Waals surface area contributed by atoms with E-state index in [-0.39, 0.29) is 22.2 Å². The lowest BCUT2D eigenvalue weighted by atomic mass is 9.96. The zero-order valence-corrected chi connectivity index (χ0v) is 16.1. The topological polar surface area (TPSA) is 26.3 Å². The number of carbonyl (C=O) groups excluding carboxylic acids is 1. The fourth-order valence-electron chi connectivity index (χ4n) is 2.60. The van der Waals surface area contributed by atoms with Crippen molar-refractivity contribution in [1.29, 1.82) is 0 Å². The molecule has 0 heterocycles. The van der Waals surface area contributed by atoms with Gasteiger partial charge in [-0.25, -0.2) is 4.79 Å². The van der Waals surface area contributed by atoms with E-state index in [0.717, 1.165) is 6.08 Å². The van der Waals surface area contributed by atoms with Gasteiger partial charge in [0.15, 0.2) is 0 Å². The molecule has 7 heteroatoms. The molecule has 0 saturated heterocycles. The fourth-order valence-corrected chi connectivity index (χ4v) is 3.14. The molecular weight excluding hydrogens is 400 g/mol. The van der Waals surface area contributed by atoms with Crippen molar-refractivity contribution in [3.8, 4) is 0 Å². The van der Waals surface area contributed by atoms with E-state index in [1.165, 1.54) is 30.3 Å². The molecule has 0 saturated carbocycles. The van der Waals surface area contributed by atoms with Gasteiger partial charge >= 0.3 is 12.1 Å². The first-order valence-corrected chi connectivity index (χ1v) is 8.86. The van der Waals surface area contributed by atoms with Crippen LogP contribution in [0.5, 0.6) is 0 Å². The molecule has 0 N–H and O–H groups in total. The van der Waals surface area contributed by atoms with Crippen molar-refractivity contribution >= 4 is 35.2 Å². The summed E-state index contributed by atoms with van der Waals surface area (Å²) in [7, 11) is 0. The molecule has 2 aromatic rings. The van der Waals surface area contributed by atoms with E-state index in [4.69, 9.17) is 27.9 Å². The van der Waals surface area contributed by atoms with E-state index in [1.54, 1.807) is 26.0 Å². The lowest BCUT2D eigenvalue weighted by Crippen LogP contribution is -2.18. The zero-order chi connectivity index (χ0) is 20.2. The molecule has 0 fully saturated rings. The molecule has 1 atom stereocenters. The third-order valence-electron chi connectivity index (χ3n) is 3.82. The van der Waals surface area contributed by atoms with Crippen LogP contribution in [-0.2, 0) is 4.74 Å². The van der Waals surface area contributed by atoms with Crippen LogP contribution in [0.1, 0.15) is 39.9 Å². The van der Waals surface area contributed by atoms with Gasteiger partial charge in [-0.3, -0.25) is 0 Å². The number of esters is 1. The first-order chi connectivity index (χ1) is 12.6. The molecule has 1 unspecified atom stereocenters. The van der Waals surface area contributed by atoms with Crippen LogP contribution < -0.4 is 0 Å². The normalized spacial score (nSPS) is 13.0. The van der Waals surface area contributed by atoms with Crippen molar-refractivity contribution in [1.82, 2.24) is 0 Å². The maximum Gasteiger partial charge on any atom is 0.399 e. The monoisotopic (exact) mass is 416 g/mol. The third-order valence-corrected chi connectivity index (χ3v) is 4.26. The van der Waals surface area contributed by atoms with Crippen LogP contribution in [-0.4, -0.2) is 18.8 Å². The zero-order valence-electron chi connectivity index (χ0n) is 14.6. The van der Waals surface area contributed by atoms with Crippen molar-refractivity contribution in [3.05, 3.63) is 74.8 Å². The summed E-state index contributed by atoms with van der Waals surface area (Å²) in [5, 5.41) is 0.268. The van der Waals surface area contributed by atoms with E-state index in [2.05, 4.69) is 0 Å². The average molecular weight is 417 g/mol. The number of allylic oxidation sites excluding steroid dienone is 1. The summed E-state index contributed by atoms with van der Waals surface area (Å²) in [5.41, 5.74) is 1.48. The Morgan fingerprint density at radius 1 is 1.15 bits per heavy atom. The minimum Gasteiger partial charge on any atom is -0.462 e. The first kappa shape index (κ1) is 21.3. The second-order valence-corrected chi connectivity index (χ2v) is 6.75. The predicted octanol–water partition coefficient (Wildman–Crippen LogP) is 6.84. The lowest BCUT2D eigenvalue weighted by molar-refractivity contribution is -0.139. The maximum atomic E-state index is 13.5. The highest BCUT2D eigenvalue weighted by Gasteiger charge is 2.39. The van der Waals surface area contributed by atoms with Gasteiger partial charge in [0.2, 0.25) is 0 Å². The largest absolute Gasteiger partial charge is 0.462 e. The van der Waals surface area contributed by atoms with Gasteiger partial charge in [-0.05, 0) is 54.8 Å². The molecule has 144 valence electrons. The van der Waals surface area contributed by atoms with Gasteiger partial charge in [-0.2, -0.15) is 13.2 Å². The highest BCUT2D eigenvalue weighted by Crippen LogP contribution is 2.38. The molecule has 0 radical (unpaired) electrons. The summed E-state index contributed by atoms with van der Waals surface area (Å²) in [5.74, 6) is -2.33. The molecule has 27 heavy (non-hydrogen) atoms. The quantitative estimate of drug-likeness (QED) is 0.498. The van der Waals surface area contributed by atoms with E-state index in [9.17, 15) is 18.0 Å². The van der Waals surface area contributed by atoms with Gasteiger partial charge in [-0.15, -0.1) is 0 Å². The number of aryl methyl sites for hydroxylation is 1. The molecule has 0 aliphatic rings. The van der Waals surface area contributed by atoms with Gasteiger partial charge in [0.05, 0.1) is 18.1 Å². The standard InChI is InChI=1S/C20H17Cl2F3O2/c1-3-27-19(26)17-6-4-13(8-12(17)2)5-7-18(20(23,24)25)14-9-15(21)11-16(22)10-14/h4-11,18H,3H2,1-2H3/b7-5+. The van der Waals surface area contributed by atoms with Crippen molar-refractivity contribution in [2.24, 2.45) is 0 Å². The van der Waals surface area contributed by atoms with Crippen molar-refractivity contribution < 1.29 is 22.7 Å². The van der Waals surface area contributed by atoms with Crippen molar-refractivity contribution in [2.45, 2.75) is 25.9 Å². The number of carbonyl (C=O) groups is 1. The maximum absolute atomic E-state index is 13.5. The summed E-state index contributed by atoms with van der Waals surface area (Å²) in [6, 6.07) is 8.58. The second kappa shape index (κ2) is 8.81. The van der Waals surface area contributed by atoms with E-state index in [0.29, 0.717) is 16.7 Å². The van der Waals surface area contributed by atoms with Gasteiger partial charge < -0.3 is 4.74 Å². The number of hydrogen-bond donors (Lipinski definition) is 0. The SMILES string of the molecule is CCOC(=O)c1ccc(/C=C/C(c2cc(Cl)cc(Cl)c2)C(F)(F)F)cc1C. The highest BCUT2D eigenvalue weighted by molar-refractivity contribution is 6.34. The molecular formula is C20H17Cl2F3O2. The fraction of sp³-hybridized carbons (Fsp3) is 0.250. The Kier molecular flexibility index (Phi) is 6.95. The summed E-state index contributed by atoms with van der Waals surface area (Å²) in [4.78, 5) is 11.8. The van der Waals surface area contributed by atoms with Crippen LogP contribution in [0, 0.1) is 6.92 Å².